The Hall–Kier alpha value is -1.66. The van der Waals surface area contributed by atoms with Gasteiger partial charge in [-0.25, -0.2) is 4.98 Å². The smallest absolute Gasteiger partial charge is 0.240 e. The second-order valence-corrected chi connectivity index (χ2v) is 6.03. The van der Waals surface area contributed by atoms with Gasteiger partial charge in [0, 0.05) is 36.0 Å². The molecule has 0 atom stereocenters. The first-order valence-corrected chi connectivity index (χ1v) is 7.75. The number of rotatable bonds is 6. The van der Waals surface area contributed by atoms with E-state index in [0.717, 1.165) is 27.7 Å². The molecule has 114 valence electrons. The Morgan fingerprint density at radius 3 is 2.81 bits per heavy atom. The summed E-state index contributed by atoms with van der Waals surface area (Å²) in [7, 11) is 1.62. The molecule has 0 unspecified atom stereocenters. The van der Waals surface area contributed by atoms with Gasteiger partial charge in [-0.3, -0.25) is 4.79 Å². The first-order chi connectivity index (χ1) is 10.0. The standard InChI is InChI=1S/C15H21N3O2S/c1-10-7-13(14-9-21-12(3)17-14)11(2)18(10)8-15(19)16-5-6-20-4/h7,9H,5-6,8H2,1-4H3,(H,16,19). The molecule has 2 aromatic rings. The summed E-state index contributed by atoms with van der Waals surface area (Å²) in [6, 6.07) is 2.09. The Labute approximate surface area is 129 Å². The summed E-state index contributed by atoms with van der Waals surface area (Å²) < 4.78 is 6.95. The largest absolute Gasteiger partial charge is 0.383 e. The van der Waals surface area contributed by atoms with E-state index in [1.165, 1.54) is 0 Å². The van der Waals surface area contributed by atoms with E-state index in [2.05, 4.69) is 21.7 Å². The van der Waals surface area contributed by atoms with E-state index in [0.29, 0.717) is 19.7 Å². The Bertz CT molecular complexity index is 631. The lowest BCUT2D eigenvalue weighted by Gasteiger charge is -2.10. The van der Waals surface area contributed by atoms with Gasteiger partial charge < -0.3 is 14.6 Å². The third-order valence-corrected chi connectivity index (χ3v) is 4.17. The number of ether oxygens (including phenoxy) is 1. The fourth-order valence-electron chi connectivity index (χ4n) is 2.28. The molecular weight excluding hydrogens is 286 g/mol. The van der Waals surface area contributed by atoms with E-state index in [1.54, 1.807) is 18.4 Å². The zero-order valence-electron chi connectivity index (χ0n) is 12.9. The molecule has 1 N–H and O–H groups in total. The highest BCUT2D eigenvalue weighted by atomic mass is 32.1. The number of hydrogen-bond donors (Lipinski definition) is 1. The number of carbonyl (C=O) groups excluding carboxylic acids is 1. The summed E-state index contributed by atoms with van der Waals surface area (Å²) in [5.41, 5.74) is 4.22. The fourth-order valence-corrected chi connectivity index (χ4v) is 2.90. The molecule has 0 saturated carbocycles. The van der Waals surface area contributed by atoms with Crippen molar-refractivity contribution in [2.24, 2.45) is 0 Å². The molecule has 0 aliphatic carbocycles. The van der Waals surface area contributed by atoms with E-state index in [-0.39, 0.29) is 5.91 Å². The topological polar surface area (TPSA) is 56.1 Å². The van der Waals surface area contributed by atoms with Crippen LogP contribution in [0.15, 0.2) is 11.4 Å². The van der Waals surface area contributed by atoms with Crippen molar-refractivity contribution in [3.05, 3.63) is 27.8 Å². The summed E-state index contributed by atoms with van der Waals surface area (Å²) in [5, 5.41) is 5.95. The zero-order chi connectivity index (χ0) is 15.4. The number of nitrogens with zero attached hydrogens (tertiary/aromatic N) is 2. The molecule has 0 aliphatic rings. The van der Waals surface area contributed by atoms with Gasteiger partial charge in [-0.05, 0) is 26.8 Å². The van der Waals surface area contributed by atoms with Crippen LogP contribution in [-0.2, 0) is 16.1 Å². The van der Waals surface area contributed by atoms with Gasteiger partial charge >= 0.3 is 0 Å². The van der Waals surface area contributed by atoms with Gasteiger partial charge in [0.2, 0.25) is 5.91 Å². The Kier molecular flexibility index (Phi) is 5.14. The number of nitrogens with one attached hydrogen (secondary N) is 1. The van der Waals surface area contributed by atoms with Gasteiger partial charge in [-0.2, -0.15) is 0 Å². The lowest BCUT2D eigenvalue weighted by molar-refractivity contribution is -0.121. The predicted octanol–water partition coefficient (Wildman–Crippen LogP) is 2.30. The molecule has 6 heteroatoms. The van der Waals surface area contributed by atoms with Crippen LogP contribution in [0.2, 0.25) is 0 Å². The molecule has 2 aromatic heterocycles. The molecule has 2 rings (SSSR count). The summed E-state index contributed by atoms with van der Waals surface area (Å²) in [4.78, 5) is 16.5. The average Bonchev–Trinajstić information content (AvgIpc) is 2.97. The molecule has 0 saturated heterocycles. The highest BCUT2D eigenvalue weighted by Crippen LogP contribution is 2.27. The lowest BCUT2D eigenvalue weighted by Crippen LogP contribution is -2.30. The van der Waals surface area contributed by atoms with Crippen molar-refractivity contribution in [3.63, 3.8) is 0 Å². The number of carbonyl (C=O) groups is 1. The van der Waals surface area contributed by atoms with Crippen molar-refractivity contribution >= 4 is 17.2 Å². The van der Waals surface area contributed by atoms with Gasteiger partial charge in [-0.15, -0.1) is 11.3 Å². The average molecular weight is 307 g/mol. The molecule has 0 fully saturated rings. The van der Waals surface area contributed by atoms with Crippen molar-refractivity contribution in [1.82, 2.24) is 14.9 Å². The maximum atomic E-state index is 11.9. The predicted molar refractivity (Wildman–Crippen MR) is 84.6 cm³/mol. The summed E-state index contributed by atoms with van der Waals surface area (Å²) >= 11 is 1.64. The molecule has 2 heterocycles. The van der Waals surface area contributed by atoms with Crippen molar-refractivity contribution < 1.29 is 9.53 Å². The van der Waals surface area contributed by atoms with Gasteiger partial charge in [0.1, 0.15) is 6.54 Å². The van der Waals surface area contributed by atoms with Gasteiger partial charge in [0.05, 0.1) is 17.3 Å². The van der Waals surface area contributed by atoms with Crippen molar-refractivity contribution in [2.75, 3.05) is 20.3 Å². The highest BCUT2D eigenvalue weighted by molar-refractivity contribution is 7.09. The normalized spacial score (nSPS) is 10.9. The highest BCUT2D eigenvalue weighted by Gasteiger charge is 2.14. The van der Waals surface area contributed by atoms with E-state index < -0.39 is 0 Å². The number of amides is 1. The monoisotopic (exact) mass is 307 g/mol. The van der Waals surface area contributed by atoms with Crippen LogP contribution in [0.3, 0.4) is 0 Å². The molecule has 0 spiro atoms. The summed E-state index contributed by atoms with van der Waals surface area (Å²) in [6.07, 6.45) is 0. The van der Waals surface area contributed by atoms with Crippen molar-refractivity contribution in [1.29, 1.82) is 0 Å². The van der Waals surface area contributed by atoms with E-state index >= 15 is 0 Å². The summed E-state index contributed by atoms with van der Waals surface area (Å²) in [5.74, 6) is -0.00476. The van der Waals surface area contributed by atoms with Crippen molar-refractivity contribution in [2.45, 2.75) is 27.3 Å². The van der Waals surface area contributed by atoms with E-state index in [9.17, 15) is 4.79 Å². The van der Waals surface area contributed by atoms with Crippen LogP contribution in [0.1, 0.15) is 16.4 Å². The van der Waals surface area contributed by atoms with E-state index in [4.69, 9.17) is 4.74 Å². The molecular formula is C15H21N3O2S. The van der Waals surface area contributed by atoms with Gasteiger partial charge in [0.25, 0.3) is 0 Å². The second kappa shape index (κ2) is 6.87. The Morgan fingerprint density at radius 1 is 1.43 bits per heavy atom. The minimum Gasteiger partial charge on any atom is -0.383 e. The van der Waals surface area contributed by atoms with Crippen LogP contribution in [0.4, 0.5) is 0 Å². The minimum absolute atomic E-state index is 0.00476. The lowest BCUT2D eigenvalue weighted by atomic mass is 10.2. The second-order valence-electron chi connectivity index (χ2n) is 4.97. The van der Waals surface area contributed by atoms with E-state index in [1.807, 2.05) is 25.3 Å². The van der Waals surface area contributed by atoms with Crippen LogP contribution < -0.4 is 5.32 Å². The Balaban J connectivity index is 2.14. The van der Waals surface area contributed by atoms with Crippen LogP contribution in [0.5, 0.6) is 0 Å². The quantitative estimate of drug-likeness (QED) is 0.833. The zero-order valence-corrected chi connectivity index (χ0v) is 13.7. The SMILES string of the molecule is COCCNC(=O)Cn1c(C)cc(-c2csc(C)n2)c1C. The molecule has 21 heavy (non-hydrogen) atoms. The number of aryl methyl sites for hydroxylation is 2. The first kappa shape index (κ1) is 15.7. The number of thiazole rings is 1. The molecule has 1 amide bonds. The minimum atomic E-state index is -0.00476. The maximum Gasteiger partial charge on any atom is 0.240 e. The molecule has 0 radical (unpaired) electrons. The molecule has 5 nitrogen and oxygen atoms in total. The first-order valence-electron chi connectivity index (χ1n) is 6.87. The molecule has 0 bridgehead atoms. The van der Waals surface area contributed by atoms with Gasteiger partial charge in [0.15, 0.2) is 0 Å². The molecule has 0 aliphatic heterocycles. The van der Waals surface area contributed by atoms with Crippen LogP contribution >= 0.6 is 11.3 Å². The number of methoxy groups -OCH3 is 1. The van der Waals surface area contributed by atoms with Crippen LogP contribution in [-0.4, -0.2) is 35.7 Å². The van der Waals surface area contributed by atoms with Crippen LogP contribution in [0.25, 0.3) is 11.3 Å². The Morgan fingerprint density at radius 2 is 2.19 bits per heavy atom. The maximum absolute atomic E-state index is 11.9. The molecule has 0 aromatic carbocycles. The third kappa shape index (κ3) is 3.71. The number of hydrogen-bond acceptors (Lipinski definition) is 4. The van der Waals surface area contributed by atoms with Gasteiger partial charge in [-0.1, -0.05) is 0 Å². The summed E-state index contributed by atoms with van der Waals surface area (Å²) in [6.45, 7) is 7.42. The van der Waals surface area contributed by atoms with Crippen LogP contribution in [0, 0.1) is 20.8 Å². The third-order valence-electron chi connectivity index (χ3n) is 3.40. The van der Waals surface area contributed by atoms with Crippen molar-refractivity contribution in [3.8, 4) is 11.3 Å². The fraction of sp³-hybridized carbons (Fsp3) is 0.467. The number of aromatic nitrogens is 2.